The van der Waals surface area contributed by atoms with Gasteiger partial charge in [0.15, 0.2) is 0 Å². The summed E-state index contributed by atoms with van der Waals surface area (Å²) in [6.07, 6.45) is 0. The van der Waals surface area contributed by atoms with Crippen molar-refractivity contribution in [1.82, 2.24) is 0 Å². The zero-order chi connectivity index (χ0) is 12.1. The topological polar surface area (TPSA) is 129 Å². The maximum Gasteiger partial charge on any atom is 0.309 e. The van der Waals surface area contributed by atoms with Crippen LogP contribution in [0.15, 0.2) is 29.2 Å². The fraction of sp³-hybridized carbons (Fsp3) is 0.125. The summed E-state index contributed by atoms with van der Waals surface area (Å²) in [7, 11) is -3.53. The molecule has 0 unspecified atom stereocenters. The van der Waals surface area contributed by atoms with Crippen LogP contribution >= 0.6 is 0 Å². The van der Waals surface area contributed by atoms with Gasteiger partial charge < -0.3 is 11.5 Å². The second-order valence-corrected chi connectivity index (χ2v) is 4.24. The highest BCUT2D eigenvalue weighted by atomic mass is 32.2. The zero-order valence-electron chi connectivity index (χ0n) is 8.17. The smallest absolute Gasteiger partial charge is 0.309 e. The Morgan fingerprint density at radius 1 is 1.20 bits per heavy atom. The van der Waals surface area contributed by atoms with Crippen LogP contribution in [-0.2, 0) is 10.0 Å². The maximum atomic E-state index is 10.8. The highest BCUT2D eigenvalue weighted by Crippen LogP contribution is 2.10. The fourth-order valence-electron chi connectivity index (χ4n) is 0.876. The van der Waals surface area contributed by atoms with Gasteiger partial charge in [0.1, 0.15) is 0 Å². The van der Waals surface area contributed by atoms with Crippen LogP contribution in [0.5, 0.6) is 0 Å². The summed E-state index contributed by atoms with van der Waals surface area (Å²) in [6.45, 7) is 1.71. The lowest BCUT2D eigenvalue weighted by Gasteiger charge is -2.00. The van der Waals surface area contributed by atoms with Crippen LogP contribution in [0.1, 0.15) is 5.56 Å². The lowest BCUT2D eigenvalue weighted by atomic mass is 10.2. The van der Waals surface area contributed by atoms with Gasteiger partial charge in [0.25, 0.3) is 0 Å². The molecule has 0 bridgehead atoms. The number of hydrogen-bond donors (Lipinski definition) is 3. The first kappa shape index (κ1) is 13.4. The van der Waals surface area contributed by atoms with Crippen LogP contribution in [0.2, 0.25) is 0 Å². The van der Waals surface area contributed by atoms with Crippen molar-refractivity contribution in [2.75, 3.05) is 0 Å². The summed E-state index contributed by atoms with van der Waals surface area (Å²) < 4.78 is 21.7. The molecule has 0 atom stereocenters. The minimum atomic E-state index is -3.53. The number of hydrogen-bond acceptors (Lipinski definition) is 3. The minimum Gasteiger partial charge on any atom is -0.352 e. The molecule has 15 heavy (non-hydrogen) atoms. The molecule has 1 aromatic rings. The standard InChI is InChI=1S/C7H9NO2S.CH4N2O/c1-6-4-2-3-5-7(6)11(8,9)10;2-1(3)4/h2-5H,1H3,(H2,8,9,10);(H4,2,3,4). The second-order valence-electron chi connectivity index (χ2n) is 2.71. The van der Waals surface area contributed by atoms with E-state index in [9.17, 15) is 8.42 Å². The molecule has 6 nitrogen and oxygen atoms in total. The third-order valence-electron chi connectivity index (χ3n) is 1.40. The minimum absolute atomic E-state index is 0.194. The van der Waals surface area contributed by atoms with E-state index in [-0.39, 0.29) is 4.90 Å². The molecule has 6 N–H and O–H groups in total. The Kier molecular flexibility index (Phi) is 4.75. The quantitative estimate of drug-likeness (QED) is 0.611. The second kappa shape index (κ2) is 5.32. The van der Waals surface area contributed by atoms with Crippen molar-refractivity contribution in [1.29, 1.82) is 0 Å². The van der Waals surface area contributed by atoms with Crippen molar-refractivity contribution < 1.29 is 13.2 Å². The van der Waals surface area contributed by atoms with Crippen molar-refractivity contribution in [3.8, 4) is 0 Å². The largest absolute Gasteiger partial charge is 0.352 e. The molecule has 1 rings (SSSR count). The van der Waals surface area contributed by atoms with Gasteiger partial charge in [-0.05, 0) is 18.6 Å². The van der Waals surface area contributed by atoms with E-state index in [4.69, 9.17) is 9.93 Å². The van der Waals surface area contributed by atoms with Crippen LogP contribution < -0.4 is 16.6 Å². The highest BCUT2D eigenvalue weighted by Gasteiger charge is 2.08. The van der Waals surface area contributed by atoms with Crippen LogP contribution in [0, 0.1) is 6.92 Å². The van der Waals surface area contributed by atoms with E-state index in [0.29, 0.717) is 5.56 Å². The van der Waals surface area contributed by atoms with Gasteiger partial charge in [-0.15, -0.1) is 0 Å². The van der Waals surface area contributed by atoms with Crippen molar-refractivity contribution in [3.63, 3.8) is 0 Å². The Morgan fingerprint density at radius 2 is 1.60 bits per heavy atom. The van der Waals surface area contributed by atoms with Crippen LogP contribution in [-0.4, -0.2) is 14.4 Å². The molecule has 0 aliphatic heterocycles. The molecular weight excluding hydrogens is 218 g/mol. The maximum absolute atomic E-state index is 10.8. The Morgan fingerprint density at radius 3 is 1.87 bits per heavy atom. The van der Waals surface area contributed by atoms with Crippen molar-refractivity contribution in [2.45, 2.75) is 11.8 Å². The molecule has 0 saturated heterocycles. The van der Waals surface area contributed by atoms with E-state index in [1.807, 2.05) is 0 Å². The van der Waals surface area contributed by atoms with Crippen LogP contribution in [0.3, 0.4) is 0 Å². The molecule has 0 aliphatic rings. The SMILES string of the molecule is Cc1ccccc1S(N)(=O)=O.NC(N)=O. The van der Waals surface area contributed by atoms with E-state index in [0.717, 1.165) is 0 Å². The van der Waals surface area contributed by atoms with Gasteiger partial charge in [0.05, 0.1) is 4.90 Å². The number of carbonyl (C=O) groups excluding carboxylic acids is 1. The van der Waals surface area contributed by atoms with Crippen LogP contribution in [0.4, 0.5) is 4.79 Å². The number of aryl methyl sites for hydroxylation is 1. The summed E-state index contributed by atoms with van der Waals surface area (Å²) in [5, 5.41) is 4.93. The molecule has 0 spiro atoms. The average molecular weight is 231 g/mol. The first-order chi connectivity index (χ1) is 6.75. The third-order valence-corrected chi connectivity index (χ3v) is 2.47. The number of urea groups is 1. The summed E-state index contributed by atoms with van der Waals surface area (Å²) in [5.41, 5.74) is 9.18. The molecule has 0 fully saturated rings. The number of amides is 2. The number of nitrogens with two attached hydrogens (primary N) is 3. The first-order valence-electron chi connectivity index (χ1n) is 3.88. The van der Waals surface area contributed by atoms with Gasteiger partial charge in [-0.1, -0.05) is 18.2 Å². The Bertz CT molecular complexity index is 438. The summed E-state index contributed by atoms with van der Waals surface area (Å²) in [5.74, 6) is 0. The van der Waals surface area contributed by atoms with Gasteiger partial charge in [-0.2, -0.15) is 0 Å². The summed E-state index contributed by atoms with van der Waals surface area (Å²) in [4.78, 5) is 9.19. The summed E-state index contributed by atoms with van der Waals surface area (Å²) in [6, 6.07) is 5.78. The highest BCUT2D eigenvalue weighted by molar-refractivity contribution is 7.89. The Labute approximate surface area is 88.1 Å². The molecule has 0 aliphatic carbocycles. The molecular formula is C8H13N3O3S. The van der Waals surface area contributed by atoms with Crippen molar-refractivity contribution in [2.24, 2.45) is 16.6 Å². The van der Waals surface area contributed by atoms with E-state index >= 15 is 0 Å². The van der Waals surface area contributed by atoms with Gasteiger partial charge in [0.2, 0.25) is 10.0 Å². The van der Waals surface area contributed by atoms with Crippen LogP contribution in [0.25, 0.3) is 0 Å². The molecule has 0 aromatic heterocycles. The first-order valence-corrected chi connectivity index (χ1v) is 5.43. The molecule has 0 radical (unpaired) electrons. The predicted octanol–water partition coefficient (Wildman–Crippen LogP) is -0.334. The van der Waals surface area contributed by atoms with Gasteiger partial charge in [-0.3, -0.25) is 0 Å². The van der Waals surface area contributed by atoms with E-state index in [1.54, 1.807) is 25.1 Å². The van der Waals surface area contributed by atoms with Crippen molar-refractivity contribution >= 4 is 16.1 Å². The fourth-order valence-corrected chi connectivity index (χ4v) is 1.66. The van der Waals surface area contributed by atoms with E-state index < -0.39 is 16.1 Å². The van der Waals surface area contributed by atoms with E-state index in [2.05, 4.69) is 11.5 Å². The molecule has 7 heteroatoms. The Balaban J connectivity index is 0.000000423. The molecule has 84 valence electrons. The number of carbonyl (C=O) groups is 1. The van der Waals surface area contributed by atoms with Gasteiger partial charge in [-0.25, -0.2) is 18.4 Å². The van der Waals surface area contributed by atoms with Gasteiger partial charge >= 0.3 is 6.03 Å². The lowest BCUT2D eigenvalue weighted by molar-refractivity contribution is 0.256. The molecule has 2 amide bonds. The monoisotopic (exact) mass is 231 g/mol. The van der Waals surface area contributed by atoms with E-state index in [1.165, 1.54) is 6.07 Å². The van der Waals surface area contributed by atoms with Gasteiger partial charge in [0, 0.05) is 0 Å². The molecule has 0 saturated carbocycles. The normalized spacial score (nSPS) is 10.0. The number of primary amides is 2. The molecule has 0 heterocycles. The number of rotatable bonds is 1. The van der Waals surface area contributed by atoms with Crippen molar-refractivity contribution in [3.05, 3.63) is 29.8 Å². The summed E-state index contributed by atoms with van der Waals surface area (Å²) >= 11 is 0. The number of benzene rings is 1. The zero-order valence-corrected chi connectivity index (χ0v) is 8.99. The predicted molar refractivity (Wildman–Crippen MR) is 56.3 cm³/mol. The average Bonchev–Trinajstić information content (AvgIpc) is 2.01. The number of primary sulfonamides is 1. The molecule has 1 aromatic carbocycles. The third kappa shape index (κ3) is 5.66. The Hall–Kier alpha value is -1.60. The lowest BCUT2D eigenvalue weighted by Crippen LogP contribution is -2.18. The number of sulfonamides is 1.